The highest BCUT2D eigenvalue weighted by atomic mass is 16.5. The Morgan fingerprint density at radius 2 is 2.47 bits per heavy atom. The molecule has 19 heavy (non-hydrogen) atoms. The predicted molar refractivity (Wildman–Crippen MR) is 68.0 cm³/mol. The molecule has 0 saturated carbocycles. The fraction of sp³-hybridized carbons (Fsp3) is 0.417. The Labute approximate surface area is 110 Å². The Bertz CT molecular complexity index is 504. The summed E-state index contributed by atoms with van der Waals surface area (Å²) in [6.45, 7) is 2.88. The van der Waals surface area contributed by atoms with Crippen LogP contribution in [0.4, 0.5) is 0 Å². The maximum absolute atomic E-state index is 12.4. The lowest BCUT2D eigenvalue weighted by Crippen LogP contribution is -2.50. The Hall–Kier alpha value is -2.15. The lowest BCUT2D eigenvalue weighted by molar-refractivity contribution is 0.00669. The molecule has 0 aliphatic carbocycles. The average Bonchev–Trinajstić information content (AvgIpc) is 2.46. The summed E-state index contributed by atoms with van der Waals surface area (Å²) in [7, 11) is 0. The molecule has 1 fully saturated rings. The van der Waals surface area contributed by atoms with Crippen molar-refractivity contribution in [1.82, 2.24) is 9.88 Å². The highest BCUT2D eigenvalue weighted by Crippen LogP contribution is 2.12. The molecule has 1 aromatic rings. The first-order valence-corrected chi connectivity index (χ1v) is 5.93. The molecule has 2 rings (SSSR count). The molecule has 1 amide bonds. The standard InChI is InChI=1S/C12H16N4O3/c1-8-9(3-2-4-14-8)12(17)16-5-6-19-10(7-16)11(13)15-18/h2-4,10,18H,5-7H2,1H3,(H2,13,15). The van der Waals surface area contributed by atoms with Gasteiger partial charge in [0.1, 0.15) is 6.10 Å². The summed E-state index contributed by atoms with van der Waals surface area (Å²) >= 11 is 0. The molecule has 1 aliphatic heterocycles. The first-order valence-electron chi connectivity index (χ1n) is 5.93. The van der Waals surface area contributed by atoms with Gasteiger partial charge in [0.2, 0.25) is 0 Å². The molecular formula is C12H16N4O3. The zero-order valence-corrected chi connectivity index (χ0v) is 10.6. The number of amidine groups is 1. The van der Waals surface area contributed by atoms with Crippen molar-refractivity contribution in [2.75, 3.05) is 19.7 Å². The third kappa shape index (κ3) is 2.82. The van der Waals surface area contributed by atoms with Crippen molar-refractivity contribution < 1.29 is 14.7 Å². The van der Waals surface area contributed by atoms with Crippen molar-refractivity contribution >= 4 is 11.7 Å². The van der Waals surface area contributed by atoms with E-state index in [1.165, 1.54) is 0 Å². The number of morpholine rings is 1. The number of rotatable bonds is 2. The zero-order chi connectivity index (χ0) is 13.8. The van der Waals surface area contributed by atoms with E-state index in [-0.39, 0.29) is 18.3 Å². The van der Waals surface area contributed by atoms with Crippen LogP contribution in [0.2, 0.25) is 0 Å². The lowest BCUT2D eigenvalue weighted by atomic mass is 10.1. The van der Waals surface area contributed by atoms with Gasteiger partial charge in [-0.25, -0.2) is 0 Å². The molecule has 0 aromatic carbocycles. The maximum Gasteiger partial charge on any atom is 0.255 e. The molecule has 0 radical (unpaired) electrons. The van der Waals surface area contributed by atoms with E-state index in [2.05, 4.69) is 10.1 Å². The largest absolute Gasteiger partial charge is 0.409 e. The summed E-state index contributed by atoms with van der Waals surface area (Å²) < 4.78 is 5.35. The summed E-state index contributed by atoms with van der Waals surface area (Å²) in [6.07, 6.45) is 1.07. The monoisotopic (exact) mass is 264 g/mol. The van der Waals surface area contributed by atoms with Crippen LogP contribution in [0.15, 0.2) is 23.5 Å². The van der Waals surface area contributed by atoms with Gasteiger partial charge in [0.25, 0.3) is 5.91 Å². The molecule has 0 spiro atoms. The second-order valence-corrected chi connectivity index (χ2v) is 4.27. The van der Waals surface area contributed by atoms with Crippen LogP contribution in [0.1, 0.15) is 16.1 Å². The van der Waals surface area contributed by atoms with Gasteiger partial charge in [0.05, 0.1) is 18.7 Å². The van der Waals surface area contributed by atoms with Gasteiger partial charge in [0, 0.05) is 18.4 Å². The van der Waals surface area contributed by atoms with E-state index in [4.69, 9.17) is 15.7 Å². The van der Waals surface area contributed by atoms with Crippen LogP contribution >= 0.6 is 0 Å². The van der Waals surface area contributed by atoms with Crippen LogP contribution in [0, 0.1) is 6.92 Å². The Morgan fingerprint density at radius 1 is 1.68 bits per heavy atom. The van der Waals surface area contributed by atoms with Gasteiger partial charge < -0.3 is 20.6 Å². The number of nitrogens with two attached hydrogens (primary N) is 1. The second-order valence-electron chi connectivity index (χ2n) is 4.27. The van der Waals surface area contributed by atoms with E-state index in [0.29, 0.717) is 24.4 Å². The number of carbonyl (C=O) groups is 1. The quantitative estimate of drug-likeness (QED) is 0.338. The highest BCUT2D eigenvalue weighted by Gasteiger charge is 2.28. The van der Waals surface area contributed by atoms with Crippen molar-refractivity contribution in [3.8, 4) is 0 Å². The molecule has 7 nitrogen and oxygen atoms in total. The summed E-state index contributed by atoms with van der Waals surface area (Å²) in [4.78, 5) is 18.1. The van der Waals surface area contributed by atoms with Crippen molar-refractivity contribution in [3.63, 3.8) is 0 Å². The van der Waals surface area contributed by atoms with Crippen LogP contribution in [0.5, 0.6) is 0 Å². The number of hydrogen-bond acceptors (Lipinski definition) is 5. The predicted octanol–water partition coefficient (Wildman–Crippen LogP) is -0.0226. The minimum atomic E-state index is -0.570. The summed E-state index contributed by atoms with van der Waals surface area (Å²) in [6, 6.07) is 3.46. The summed E-state index contributed by atoms with van der Waals surface area (Å²) in [5.41, 5.74) is 6.74. The van der Waals surface area contributed by atoms with Gasteiger partial charge in [-0.1, -0.05) is 5.16 Å². The topological polar surface area (TPSA) is 101 Å². The van der Waals surface area contributed by atoms with Gasteiger partial charge in [-0.05, 0) is 19.1 Å². The molecular weight excluding hydrogens is 248 g/mol. The Kier molecular flexibility index (Phi) is 3.96. The molecule has 0 bridgehead atoms. The normalized spacial score (nSPS) is 20.4. The van der Waals surface area contributed by atoms with E-state index in [9.17, 15) is 4.79 Å². The number of aryl methyl sites for hydroxylation is 1. The van der Waals surface area contributed by atoms with Crippen molar-refractivity contribution in [3.05, 3.63) is 29.6 Å². The molecule has 1 aromatic heterocycles. The zero-order valence-electron chi connectivity index (χ0n) is 10.6. The van der Waals surface area contributed by atoms with Crippen LogP contribution in [-0.2, 0) is 4.74 Å². The first-order chi connectivity index (χ1) is 9.13. The van der Waals surface area contributed by atoms with E-state index in [0.717, 1.165) is 0 Å². The number of amides is 1. The van der Waals surface area contributed by atoms with Crippen LogP contribution in [-0.4, -0.2) is 52.6 Å². The number of carbonyl (C=O) groups excluding carboxylic acids is 1. The third-order valence-corrected chi connectivity index (χ3v) is 3.04. The van der Waals surface area contributed by atoms with Crippen molar-refractivity contribution in [1.29, 1.82) is 0 Å². The molecule has 1 unspecified atom stereocenters. The van der Waals surface area contributed by atoms with E-state index in [1.807, 2.05) is 0 Å². The molecule has 7 heteroatoms. The average molecular weight is 264 g/mol. The fourth-order valence-corrected chi connectivity index (χ4v) is 1.96. The molecule has 1 aliphatic rings. The van der Waals surface area contributed by atoms with Gasteiger partial charge in [0.15, 0.2) is 5.84 Å². The van der Waals surface area contributed by atoms with E-state index < -0.39 is 6.10 Å². The first kappa shape index (κ1) is 13.3. The Balaban J connectivity index is 2.14. The minimum absolute atomic E-state index is 0.0274. The van der Waals surface area contributed by atoms with Gasteiger partial charge in [-0.2, -0.15) is 0 Å². The number of oxime groups is 1. The van der Waals surface area contributed by atoms with Crippen LogP contribution < -0.4 is 5.73 Å². The van der Waals surface area contributed by atoms with Gasteiger partial charge >= 0.3 is 0 Å². The number of aromatic nitrogens is 1. The minimum Gasteiger partial charge on any atom is -0.409 e. The van der Waals surface area contributed by atoms with Crippen molar-refractivity contribution in [2.45, 2.75) is 13.0 Å². The smallest absolute Gasteiger partial charge is 0.255 e. The SMILES string of the molecule is Cc1ncccc1C(=O)N1CCOC(C(N)=NO)C1. The van der Waals surface area contributed by atoms with Crippen molar-refractivity contribution in [2.24, 2.45) is 10.9 Å². The molecule has 3 N–H and O–H groups in total. The fourth-order valence-electron chi connectivity index (χ4n) is 1.96. The molecule has 2 heterocycles. The highest BCUT2D eigenvalue weighted by molar-refractivity contribution is 5.96. The van der Waals surface area contributed by atoms with Crippen LogP contribution in [0.25, 0.3) is 0 Å². The molecule has 1 atom stereocenters. The summed E-state index contributed by atoms with van der Waals surface area (Å²) in [5.74, 6) is -0.148. The molecule has 102 valence electrons. The number of ether oxygens (including phenoxy) is 1. The maximum atomic E-state index is 12.4. The summed E-state index contributed by atoms with van der Waals surface area (Å²) in [5, 5.41) is 11.6. The third-order valence-electron chi connectivity index (χ3n) is 3.04. The van der Waals surface area contributed by atoms with Gasteiger partial charge in [-0.3, -0.25) is 9.78 Å². The van der Waals surface area contributed by atoms with E-state index in [1.54, 1.807) is 30.2 Å². The Morgan fingerprint density at radius 3 is 3.16 bits per heavy atom. The number of nitrogens with zero attached hydrogens (tertiary/aromatic N) is 3. The second kappa shape index (κ2) is 5.66. The van der Waals surface area contributed by atoms with Crippen LogP contribution in [0.3, 0.4) is 0 Å². The number of pyridine rings is 1. The molecule has 1 saturated heterocycles. The van der Waals surface area contributed by atoms with E-state index >= 15 is 0 Å². The van der Waals surface area contributed by atoms with Gasteiger partial charge in [-0.15, -0.1) is 0 Å². The number of hydrogen-bond donors (Lipinski definition) is 2. The lowest BCUT2D eigenvalue weighted by Gasteiger charge is -2.32.